The Kier molecular flexibility index (Phi) is 3.81. The lowest BCUT2D eigenvalue weighted by atomic mass is 10.0. The van der Waals surface area contributed by atoms with Crippen molar-refractivity contribution in [2.75, 3.05) is 0 Å². The molecule has 5 nitrogen and oxygen atoms in total. The lowest BCUT2D eigenvalue weighted by Gasteiger charge is -2.07. The highest BCUT2D eigenvalue weighted by Gasteiger charge is 2.32. The molecule has 7 heteroatoms. The van der Waals surface area contributed by atoms with Gasteiger partial charge in [0, 0.05) is 23.6 Å². The Labute approximate surface area is 163 Å². The van der Waals surface area contributed by atoms with Crippen LogP contribution in [0.3, 0.4) is 0 Å². The average molecular weight is 388 g/mol. The van der Waals surface area contributed by atoms with Crippen LogP contribution in [-0.4, -0.2) is 14.6 Å². The van der Waals surface area contributed by atoms with Gasteiger partial charge in [-0.1, -0.05) is 12.1 Å². The number of nitrogens with zero attached hydrogens (tertiary/aromatic N) is 3. The Hall–Kier alpha value is -3.79. The summed E-state index contributed by atoms with van der Waals surface area (Å²) >= 11 is 0. The fourth-order valence-electron chi connectivity index (χ4n) is 3.54. The van der Waals surface area contributed by atoms with Crippen molar-refractivity contribution in [3.8, 4) is 28.5 Å². The molecule has 5 rings (SSSR count). The van der Waals surface area contributed by atoms with E-state index < -0.39 is 11.6 Å². The number of nitriles is 1. The first-order chi connectivity index (χ1) is 14.0. The molecule has 2 aromatic carbocycles. The number of aromatic amines is 1. The lowest BCUT2D eigenvalue weighted by molar-refractivity contribution is 0.585. The zero-order valence-electron chi connectivity index (χ0n) is 15.1. The summed E-state index contributed by atoms with van der Waals surface area (Å²) in [6.45, 7) is 0. The van der Waals surface area contributed by atoms with E-state index >= 15 is 0 Å². The Bertz CT molecular complexity index is 1360. The number of halogens is 2. The third kappa shape index (κ3) is 2.90. The van der Waals surface area contributed by atoms with Gasteiger partial charge in [0.05, 0.1) is 28.6 Å². The first kappa shape index (κ1) is 17.3. The van der Waals surface area contributed by atoms with Gasteiger partial charge in [-0.05, 0) is 42.7 Å². The topological polar surface area (TPSA) is 73.9 Å². The van der Waals surface area contributed by atoms with E-state index in [4.69, 9.17) is 5.26 Å². The monoisotopic (exact) mass is 388 g/mol. The molecule has 2 heterocycles. The SMILES string of the molecule is N#Cc1ccc(-c2cc(=O)n3nc(C4CC4)c(-c4ccc(F)cc4F)c3[nH]2)cc1. The first-order valence-corrected chi connectivity index (χ1v) is 9.17. The minimum absolute atomic E-state index is 0.153. The van der Waals surface area contributed by atoms with Crippen LogP contribution in [0.15, 0.2) is 53.3 Å². The maximum atomic E-state index is 14.6. The molecule has 1 fully saturated rings. The second kappa shape index (κ2) is 6.38. The van der Waals surface area contributed by atoms with Gasteiger partial charge in [0.15, 0.2) is 0 Å². The molecule has 0 saturated heterocycles. The van der Waals surface area contributed by atoms with Crippen LogP contribution in [0, 0.1) is 23.0 Å². The number of benzene rings is 2. The second-order valence-corrected chi connectivity index (χ2v) is 7.13. The van der Waals surface area contributed by atoms with Crippen LogP contribution in [0.25, 0.3) is 28.0 Å². The molecule has 0 bridgehead atoms. The van der Waals surface area contributed by atoms with Crippen LogP contribution in [0.5, 0.6) is 0 Å². The van der Waals surface area contributed by atoms with Crippen molar-refractivity contribution in [1.82, 2.24) is 14.6 Å². The quantitative estimate of drug-likeness (QED) is 0.566. The van der Waals surface area contributed by atoms with E-state index in [0.29, 0.717) is 33.7 Å². The van der Waals surface area contributed by atoms with Gasteiger partial charge in [-0.15, -0.1) is 0 Å². The minimum atomic E-state index is -0.702. The zero-order valence-corrected chi connectivity index (χ0v) is 15.1. The van der Waals surface area contributed by atoms with Crippen LogP contribution in [0.4, 0.5) is 8.78 Å². The highest BCUT2D eigenvalue weighted by molar-refractivity contribution is 5.82. The number of hydrogen-bond donors (Lipinski definition) is 1. The molecule has 2 aromatic heterocycles. The van der Waals surface area contributed by atoms with Crippen molar-refractivity contribution in [3.63, 3.8) is 0 Å². The number of rotatable bonds is 3. The number of fused-ring (bicyclic) bond motifs is 1. The van der Waals surface area contributed by atoms with Crippen molar-refractivity contribution in [1.29, 1.82) is 5.26 Å². The normalized spacial score (nSPS) is 13.6. The molecule has 29 heavy (non-hydrogen) atoms. The zero-order chi connectivity index (χ0) is 20.1. The summed E-state index contributed by atoms with van der Waals surface area (Å²) < 4.78 is 29.3. The van der Waals surface area contributed by atoms with Crippen LogP contribution in [0.2, 0.25) is 0 Å². The van der Waals surface area contributed by atoms with Gasteiger partial charge in [0.1, 0.15) is 17.3 Å². The van der Waals surface area contributed by atoms with E-state index in [1.165, 1.54) is 22.7 Å². The summed E-state index contributed by atoms with van der Waals surface area (Å²) in [5.74, 6) is -1.21. The molecule has 0 amide bonds. The maximum Gasteiger partial charge on any atom is 0.274 e. The number of H-pyrrole nitrogens is 1. The lowest BCUT2D eigenvalue weighted by Crippen LogP contribution is -2.14. The van der Waals surface area contributed by atoms with Gasteiger partial charge in [-0.3, -0.25) is 4.79 Å². The number of nitrogens with one attached hydrogen (secondary N) is 1. The van der Waals surface area contributed by atoms with Crippen LogP contribution in [-0.2, 0) is 0 Å². The van der Waals surface area contributed by atoms with Gasteiger partial charge in [-0.25, -0.2) is 8.78 Å². The molecule has 142 valence electrons. The van der Waals surface area contributed by atoms with Crippen LogP contribution >= 0.6 is 0 Å². The first-order valence-electron chi connectivity index (χ1n) is 9.17. The molecule has 0 radical (unpaired) electrons. The summed E-state index contributed by atoms with van der Waals surface area (Å²) in [4.78, 5) is 15.9. The van der Waals surface area contributed by atoms with Crippen LogP contribution < -0.4 is 5.56 Å². The summed E-state index contributed by atoms with van der Waals surface area (Å²) in [5, 5.41) is 13.4. The Morgan fingerprint density at radius 2 is 1.86 bits per heavy atom. The Morgan fingerprint density at radius 3 is 2.52 bits per heavy atom. The molecule has 1 saturated carbocycles. The summed E-state index contributed by atoms with van der Waals surface area (Å²) in [7, 11) is 0. The largest absolute Gasteiger partial charge is 0.339 e. The molecule has 0 atom stereocenters. The van der Waals surface area contributed by atoms with Crippen LogP contribution in [0.1, 0.15) is 30.0 Å². The van der Waals surface area contributed by atoms with Gasteiger partial charge < -0.3 is 4.98 Å². The summed E-state index contributed by atoms with van der Waals surface area (Å²) in [6.07, 6.45) is 1.83. The molecule has 0 unspecified atom stereocenters. The van der Waals surface area contributed by atoms with E-state index in [9.17, 15) is 13.6 Å². The van der Waals surface area contributed by atoms with Gasteiger partial charge in [-0.2, -0.15) is 14.9 Å². The van der Waals surface area contributed by atoms with Gasteiger partial charge in [0.2, 0.25) is 0 Å². The van der Waals surface area contributed by atoms with Gasteiger partial charge >= 0.3 is 0 Å². The number of hydrogen-bond acceptors (Lipinski definition) is 3. The van der Waals surface area contributed by atoms with Crippen molar-refractivity contribution in [2.24, 2.45) is 0 Å². The smallest absolute Gasteiger partial charge is 0.274 e. The maximum absolute atomic E-state index is 14.6. The van der Waals surface area contributed by atoms with Crippen molar-refractivity contribution in [3.05, 3.63) is 81.8 Å². The van der Waals surface area contributed by atoms with Crippen molar-refractivity contribution < 1.29 is 8.78 Å². The highest BCUT2D eigenvalue weighted by atomic mass is 19.1. The fourth-order valence-corrected chi connectivity index (χ4v) is 3.54. The Morgan fingerprint density at radius 1 is 1.10 bits per heavy atom. The van der Waals surface area contributed by atoms with E-state index in [-0.39, 0.29) is 17.0 Å². The van der Waals surface area contributed by atoms with Gasteiger partial charge in [0.25, 0.3) is 5.56 Å². The molecule has 1 aliphatic rings. The summed E-state index contributed by atoms with van der Waals surface area (Å²) in [5.41, 5.74) is 3.08. The third-order valence-corrected chi connectivity index (χ3v) is 5.13. The standard InChI is InChI=1S/C22H14F2N4O/c23-15-7-8-16(17(24)9-15)20-21(14-5-6-14)27-28-19(29)10-18(26-22(20)28)13-3-1-12(11-25)2-4-13/h1-4,7-10,14,26H,5-6H2. The molecule has 1 aliphatic carbocycles. The molecule has 0 aliphatic heterocycles. The predicted molar refractivity (Wildman–Crippen MR) is 103 cm³/mol. The molecule has 0 spiro atoms. The number of aromatic nitrogens is 3. The van der Waals surface area contributed by atoms with E-state index in [1.54, 1.807) is 24.3 Å². The summed E-state index contributed by atoms with van der Waals surface area (Å²) in [6, 6.07) is 13.7. The van der Waals surface area contributed by atoms with E-state index in [0.717, 1.165) is 18.9 Å². The molecule has 4 aromatic rings. The Balaban J connectivity index is 1.78. The van der Waals surface area contributed by atoms with Crippen molar-refractivity contribution in [2.45, 2.75) is 18.8 Å². The van der Waals surface area contributed by atoms with E-state index in [1.807, 2.05) is 0 Å². The second-order valence-electron chi connectivity index (χ2n) is 7.13. The molecular weight excluding hydrogens is 374 g/mol. The third-order valence-electron chi connectivity index (χ3n) is 5.13. The minimum Gasteiger partial charge on any atom is -0.339 e. The van der Waals surface area contributed by atoms with E-state index in [2.05, 4.69) is 16.2 Å². The predicted octanol–water partition coefficient (Wildman–Crippen LogP) is 4.38. The highest BCUT2D eigenvalue weighted by Crippen LogP contribution is 2.45. The van der Waals surface area contributed by atoms with Crippen molar-refractivity contribution >= 4 is 5.65 Å². The average Bonchev–Trinajstić information content (AvgIpc) is 3.49. The molecule has 1 N–H and O–H groups in total. The molecular formula is C22H14F2N4O. The fraction of sp³-hybridized carbons (Fsp3) is 0.136.